The van der Waals surface area contributed by atoms with E-state index in [0.29, 0.717) is 15.9 Å². The van der Waals surface area contributed by atoms with Crippen LogP contribution >= 0.6 is 15.9 Å². The fraction of sp³-hybridized carbons (Fsp3) is 0.400. The van der Waals surface area contributed by atoms with Crippen molar-refractivity contribution in [3.05, 3.63) is 39.9 Å². The minimum Gasteiger partial charge on any atom is -0.277 e. The molecular formula is C15H19BrFN3O2S. The summed E-state index contributed by atoms with van der Waals surface area (Å²) in [5, 5.41) is 4.32. The maximum absolute atomic E-state index is 13.9. The third-order valence-corrected chi connectivity index (χ3v) is 5.41. The van der Waals surface area contributed by atoms with Crippen LogP contribution in [0.5, 0.6) is 0 Å². The Morgan fingerprint density at radius 1 is 1.26 bits per heavy atom. The molecule has 23 heavy (non-hydrogen) atoms. The predicted molar refractivity (Wildman–Crippen MR) is 91.6 cm³/mol. The molecule has 2 rings (SSSR count). The van der Waals surface area contributed by atoms with E-state index in [2.05, 4.69) is 25.8 Å². The third-order valence-electron chi connectivity index (χ3n) is 3.30. The number of aromatic nitrogens is 2. The van der Waals surface area contributed by atoms with Gasteiger partial charge in [0.1, 0.15) is 10.7 Å². The van der Waals surface area contributed by atoms with Crippen LogP contribution < -0.4 is 4.72 Å². The minimum absolute atomic E-state index is 0.0785. The van der Waals surface area contributed by atoms with Gasteiger partial charge in [0, 0.05) is 4.47 Å². The molecule has 0 amide bonds. The zero-order valence-electron chi connectivity index (χ0n) is 13.6. The Balaban J connectivity index is 2.51. The molecule has 0 bridgehead atoms. The second-order valence-corrected chi connectivity index (χ2v) is 8.85. The van der Waals surface area contributed by atoms with E-state index >= 15 is 0 Å². The van der Waals surface area contributed by atoms with Crippen LogP contribution in [-0.4, -0.2) is 18.2 Å². The zero-order valence-corrected chi connectivity index (χ0v) is 16.0. The van der Waals surface area contributed by atoms with Crippen LogP contribution in [0.1, 0.15) is 32.2 Å². The van der Waals surface area contributed by atoms with Gasteiger partial charge in [-0.3, -0.25) is 9.40 Å². The SMILES string of the molecule is Cc1nn(C(C)(C)C)c(C)c1S(=O)(=O)Nc1ccc(Br)cc1F. The van der Waals surface area contributed by atoms with Crippen molar-refractivity contribution in [1.29, 1.82) is 0 Å². The molecule has 0 fully saturated rings. The lowest BCUT2D eigenvalue weighted by atomic mass is 10.1. The van der Waals surface area contributed by atoms with Crippen molar-refractivity contribution in [2.45, 2.75) is 45.1 Å². The fourth-order valence-corrected chi connectivity index (χ4v) is 4.23. The summed E-state index contributed by atoms with van der Waals surface area (Å²) < 4.78 is 43.8. The molecule has 126 valence electrons. The Morgan fingerprint density at radius 3 is 2.35 bits per heavy atom. The van der Waals surface area contributed by atoms with Gasteiger partial charge in [-0.2, -0.15) is 5.10 Å². The molecule has 2 aromatic rings. The Labute approximate surface area is 144 Å². The number of nitrogens with one attached hydrogen (secondary N) is 1. The van der Waals surface area contributed by atoms with Gasteiger partial charge in [-0.15, -0.1) is 0 Å². The van der Waals surface area contributed by atoms with Crippen LogP contribution in [0.25, 0.3) is 0 Å². The number of aryl methyl sites for hydroxylation is 1. The van der Waals surface area contributed by atoms with Crippen molar-refractivity contribution < 1.29 is 12.8 Å². The van der Waals surface area contributed by atoms with E-state index in [1.165, 1.54) is 12.1 Å². The standard InChI is InChI=1S/C15H19BrFN3O2S/c1-9-14(10(2)20(18-9)15(3,4)5)23(21,22)19-13-7-6-11(16)8-12(13)17/h6-8,19H,1-5H3. The summed E-state index contributed by atoms with van der Waals surface area (Å²) in [6.45, 7) is 9.12. The molecule has 8 heteroatoms. The molecule has 0 saturated carbocycles. The maximum atomic E-state index is 13.9. The molecule has 0 radical (unpaired) electrons. The second kappa shape index (κ2) is 5.90. The summed E-state index contributed by atoms with van der Waals surface area (Å²) in [4.78, 5) is 0.0785. The Kier molecular flexibility index (Phi) is 4.60. The van der Waals surface area contributed by atoms with E-state index < -0.39 is 15.8 Å². The first-order chi connectivity index (χ1) is 10.4. The van der Waals surface area contributed by atoms with Gasteiger partial charge in [-0.1, -0.05) is 15.9 Å². The Hall–Kier alpha value is -1.41. The molecule has 0 aliphatic heterocycles. The van der Waals surface area contributed by atoms with Crippen LogP contribution in [0.4, 0.5) is 10.1 Å². The minimum atomic E-state index is -3.94. The molecule has 1 heterocycles. The van der Waals surface area contributed by atoms with Crippen molar-refractivity contribution in [3.63, 3.8) is 0 Å². The van der Waals surface area contributed by atoms with Crippen molar-refractivity contribution in [1.82, 2.24) is 9.78 Å². The molecule has 0 unspecified atom stereocenters. The average Bonchev–Trinajstić information content (AvgIpc) is 2.68. The number of halogens is 2. The molecule has 1 aromatic carbocycles. The third kappa shape index (κ3) is 3.58. The van der Waals surface area contributed by atoms with Crippen LogP contribution in [-0.2, 0) is 15.6 Å². The topological polar surface area (TPSA) is 64.0 Å². The molecule has 0 aliphatic rings. The lowest BCUT2D eigenvalue weighted by molar-refractivity contribution is 0.345. The van der Waals surface area contributed by atoms with Crippen LogP contribution in [0.2, 0.25) is 0 Å². The summed E-state index contributed by atoms with van der Waals surface area (Å²) in [6.07, 6.45) is 0. The molecule has 0 atom stereocenters. The molecule has 0 aliphatic carbocycles. The van der Waals surface area contributed by atoms with Gasteiger partial charge in [0.15, 0.2) is 0 Å². The monoisotopic (exact) mass is 403 g/mol. The highest BCUT2D eigenvalue weighted by atomic mass is 79.9. The second-order valence-electron chi connectivity index (χ2n) is 6.31. The largest absolute Gasteiger partial charge is 0.277 e. The first-order valence-corrected chi connectivity index (χ1v) is 9.25. The maximum Gasteiger partial charge on any atom is 0.265 e. The summed E-state index contributed by atoms with van der Waals surface area (Å²) in [5.41, 5.74) is 0.434. The number of rotatable bonds is 3. The Morgan fingerprint density at radius 2 is 1.87 bits per heavy atom. The van der Waals surface area contributed by atoms with Gasteiger partial charge >= 0.3 is 0 Å². The van der Waals surface area contributed by atoms with Gasteiger partial charge in [0.25, 0.3) is 10.0 Å². The van der Waals surface area contributed by atoms with Gasteiger partial charge in [-0.05, 0) is 52.8 Å². The molecule has 5 nitrogen and oxygen atoms in total. The summed E-state index contributed by atoms with van der Waals surface area (Å²) in [6, 6.07) is 4.14. The summed E-state index contributed by atoms with van der Waals surface area (Å²) >= 11 is 3.14. The highest BCUT2D eigenvalue weighted by Gasteiger charge is 2.29. The van der Waals surface area contributed by atoms with E-state index in [4.69, 9.17) is 0 Å². The van der Waals surface area contributed by atoms with E-state index in [9.17, 15) is 12.8 Å². The number of hydrogen-bond acceptors (Lipinski definition) is 3. The molecule has 0 spiro atoms. The predicted octanol–water partition coefficient (Wildman–Crippen LogP) is 3.96. The smallest absolute Gasteiger partial charge is 0.265 e. The highest BCUT2D eigenvalue weighted by Crippen LogP contribution is 2.28. The van der Waals surface area contributed by atoms with Crippen molar-refractivity contribution in [2.75, 3.05) is 4.72 Å². The van der Waals surface area contributed by atoms with Crippen molar-refractivity contribution >= 4 is 31.6 Å². The van der Waals surface area contributed by atoms with Crippen molar-refractivity contribution in [3.8, 4) is 0 Å². The summed E-state index contributed by atoms with van der Waals surface area (Å²) in [5.74, 6) is -0.651. The van der Waals surface area contributed by atoms with E-state index in [1.807, 2.05) is 20.8 Å². The highest BCUT2D eigenvalue weighted by molar-refractivity contribution is 9.10. The first-order valence-electron chi connectivity index (χ1n) is 6.98. The molecule has 1 N–H and O–H groups in total. The van der Waals surface area contributed by atoms with Crippen LogP contribution in [0.15, 0.2) is 27.6 Å². The van der Waals surface area contributed by atoms with Gasteiger partial charge in [-0.25, -0.2) is 12.8 Å². The van der Waals surface area contributed by atoms with E-state index in [1.54, 1.807) is 24.6 Å². The van der Waals surface area contributed by atoms with Crippen LogP contribution in [0, 0.1) is 19.7 Å². The Bertz CT molecular complexity index is 854. The number of benzene rings is 1. The fourth-order valence-electron chi connectivity index (χ4n) is 2.44. The normalized spacial score (nSPS) is 12.5. The lowest BCUT2D eigenvalue weighted by Gasteiger charge is -2.21. The van der Waals surface area contributed by atoms with Crippen molar-refractivity contribution in [2.24, 2.45) is 0 Å². The quantitative estimate of drug-likeness (QED) is 0.843. The van der Waals surface area contributed by atoms with Gasteiger partial charge in [0.05, 0.1) is 22.6 Å². The molecular weight excluding hydrogens is 385 g/mol. The molecule has 1 aromatic heterocycles. The number of anilines is 1. The average molecular weight is 404 g/mol. The van der Waals surface area contributed by atoms with Gasteiger partial charge in [0.2, 0.25) is 0 Å². The number of hydrogen-bond donors (Lipinski definition) is 1. The van der Waals surface area contributed by atoms with E-state index in [-0.39, 0.29) is 16.1 Å². The summed E-state index contributed by atoms with van der Waals surface area (Å²) in [7, 11) is -3.94. The lowest BCUT2D eigenvalue weighted by Crippen LogP contribution is -2.25. The van der Waals surface area contributed by atoms with Gasteiger partial charge < -0.3 is 0 Å². The first kappa shape index (κ1) is 17.9. The number of nitrogens with zero attached hydrogens (tertiary/aromatic N) is 2. The van der Waals surface area contributed by atoms with Crippen LogP contribution in [0.3, 0.4) is 0 Å². The number of sulfonamides is 1. The van der Waals surface area contributed by atoms with E-state index in [0.717, 1.165) is 0 Å². The zero-order chi connectivity index (χ0) is 17.6. The molecule has 0 saturated heterocycles.